The number of benzene rings is 1. The predicted octanol–water partition coefficient (Wildman–Crippen LogP) is 3.94. The second-order valence-corrected chi connectivity index (χ2v) is 8.76. The molecule has 3 rings (SSSR count). The zero-order valence-electron chi connectivity index (χ0n) is 14.5. The van der Waals surface area contributed by atoms with Crippen LogP contribution in [0.5, 0.6) is 0 Å². The maximum Gasteiger partial charge on any atom is 0.297 e. The van der Waals surface area contributed by atoms with Gasteiger partial charge in [0.25, 0.3) is 10.1 Å². The lowest BCUT2D eigenvalue weighted by atomic mass is 9.62. The van der Waals surface area contributed by atoms with Crippen molar-refractivity contribution in [3.8, 4) is 0 Å². The smallest absolute Gasteiger partial charge is 0.295 e. The average Bonchev–Trinajstić information content (AvgIpc) is 2.53. The number of allylic oxidation sites excluding steroid dienone is 1. The van der Waals surface area contributed by atoms with Crippen molar-refractivity contribution in [2.45, 2.75) is 63.9 Å². The van der Waals surface area contributed by atoms with Crippen LogP contribution < -0.4 is 0 Å². The minimum absolute atomic E-state index is 0.185. The van der Waals surface area contributed by atoms with E-state index in [9.17, 15) is 13.2 Å². The van der Waals surface area contributed by atoms with E-state index in [-0.39, 0.29) is 16.1 Å². The number of carbonyl (C=O) groups excluding carboxylic acids is 1. The Kier molecular flexibility index (Phi) is 4.43. The summed E-state index contributed by atoms with van der Waals surface area (Å²) < 4.78 is 31.0. The summed E-state index contributed by atoms with van der Waals surface area (Å²) in [6.45, 7) is 5.83. The van der Waals surface area contributed by atoms with E-state index in [1.54, 1.807) is 24.3 Å². The van der Waals surface area contributed by atoms with E-state index in [1.807, 2.05) is 20.8 Å². The van der Waals surface area contributed by atoms with Gasteiger partial charge in [-0.25, -0.2) is 0 Å². The van der Waals surface area contributed by atoms with Gasteiger partial charge in [-0.3, -0.25) is 8.98 Å². The normalized spacial score (nSPS) is 28.0. The van der Waals surface area contributed by atoms with Crippen molar-refractivity contribution in [3.05, 3.63) is 41.0 Å². The maximum atomic E-state index is 12.7. The molecule has 1 aromatic carbocycles. The Balaban J connectivity index is 1.92. The van der Waals surface area contributed by atoms with Gasteiger partial charge in [0, 0.05) is 11.8 Å². The number of rotatable bonds is 3. The molecule has 2 aliphatic rings. The molecule has 130 valence electrons. The van der Waals surface area contributed by atoms with Crippen LogP contribution in [0.3, 0.4) is 0 Å². The van der Waals surface area contributed by atoms with Crippen LogP contribution in [-0.4, -0.2) is 20.3 Å². The lowest BCUT2D eigenvalue weighted by Gasteiger charge is -2.45. The third kappa shape index (κ3) is 2.95. The number of hydrogen-bond donors (Lipinski definition) is 0. The summed E-state index contributed by atoms with van der Waals surface area (Å²) in [5.74, 6) is 0.185. The fourth-order valence-corrected chi connectivity index (χ4v) is 5.18. The summed E-state index contributed by atoms with van der Waals surface area (Å²) >= 11 is 0. The molecule has 0 unspecified atom stereocenters. The molecule has 0 N–H and O–H groups in total. The first-order valence-corrected chi connectivity index (χ1v) is 9.88. The van der Waals surface area contributed by atoms with Crippen molar-refractivity contribution < 1.29 is 17.4 Å². The number of hydrogen-bond acceptors (Lipinski definition) is 4. The van der Waals surface area contributed by atoms with Gasteiger partial charge in [-0.05, 0) is 57.2 Å². The Bertz CT molecular complexity index is 789. The van der Waals surface area contributed by atoms with E-state index in [2.05, 4.69) is 0 Å². The maximum absolute atomic E-state index is 12.7. The summed E-state index contributed by atoms with van der Waals surface area (Å²) in [6.07, 6.45) is 3.13. The molecule has 0 bridgehead atoms. The minimum Gasteiger partial charge on any atom is -0.295 e. The quantitative estimate of drug-likeness (QED) is 0.776. The molecule has 0 saturated heterocycles. The first kappa shape index (κ1) is 17.4. The molecule has 4 nitrogen and oxygen atoms in total. The molecule has 0 aromatic heterocycles. The Hall–Kier alpha value is -1.46. The predicted molar refractivity (Wildman–Crippen MR) is 92.1 cm³/mol. The fraction of sp³-hybridized carbons (Fsp3) is 0.526. The van der Waals surface area contributed by atoms with Gasteiger partial charge < -0.3 is 0 Å². The minimum atomic E-state index is -3.80. The Labute approximate surface area is 144 Å². The Morgan fingerprint density at radius 3 is 2.46 bits per heavy atom. The SMILES string of the molecule is CC1=C2CCC[C@@H](OS(=O)(=O)c3ccc(C)cc3)[C@]2(C)CCC1=O. The Morgan fingerprint density at radius 2 is 1.79 bits per heavy atom. The van der Waals surface area contributed by atoms with Crippen LogP contribution in [0.15, 0.2) is 40.3 Å². The summed E-state index contributed by atoms with van der Waals surface area (Å²) in [4.78, 5) is 12.2. The van der Waals surface area contributed by atoms with Gasteiger partial charge in [0.15, 0.2) is 5.78 Å². The van der Waals surface area contributed by atoms with Crippen molar-refractivity contribution in [2.75, 3.05) is 0 Å². The van der Waals surface area contributed by atoms with Crippen molar-refractivity contribution in [3.63, 3.8) is 0 Å². The number of ketones is 1. The third-order valence-corrected chi connectivity index (χ3v) is 6.92. The first-order valence-electron chi connectivity index (χ1n) is 8.47. The van der Waals surface area contributed by atoms with Crippen LogP contribution in [0.4, 0.5) is 0 Å². The van der Waals surface area contributed by atoms with E-state index in [0.29, 0.717) is 19.3 Å². The standard InChI is InChI=1S/C19H24O4S/c1-13-7-9-15(10-8-13)24(21,22)23-18-6-4-5-16-14(2)17(20)11-12-19(16,18)3/h7-10,18H,4-6,11-12H2,1-3H3/t18-,19-/m1/s1. The molecule has 5 heteroatoms. The van der Waals surface area contributed by atoms with Crippen LogP contribution in [0.2, 0.25) is 0 Å². The molecule has 2 atom stereocenters. The second kappa shape index (κ2) is 6.12. The van der Waals surface area contributed by atoms with E-state index in [4.69, 9.17) is 4.18 Å². The van der Waals surface area contributed by atoms with E-state index in [1.165, 1.54) is 0 Å². The van der Waals surface area contributed by atoms with Crippen LogP contribution in [0.1, 0.15) is 51.5 Å². The summed E-state index contributed by atoms with van der Waals surface area (Å²) in [7, 11) is -3.80. The lowest BCUT2D eigenvalue weighted by Crippen LogP contribution is -2.44. The molecule has 0 amide bonds. The molecule has 2 aliphatic carbocycles. The van der Waals surface area contributed by atoms with Crippen LogP contribution in [0.25, 0.3) is 0 Å². The van der Waals surface area contributed by atoms with Crippen LogP contribution in [0, 0.1) is 12.3 Å². The number of fused-ring (bicyclic) bond motifs is 1. The molecule has 1 fully saturated rings. The van der Waals surface area contributed by atoms with E-state index < -0.39 is 16.2 Å². The molecular formula is C19H24O4S. The molecule has 24 heavy (non-hydrogen) atoms. The van der Waals surface area contributed by atoms with Crippen LogP contribution in [-0.2, 0) is 19.1 Å². The summed E-state index contributed by atoms with van der Waals surface area (Å²) in [5.41, 5.74) is 2.54. The van der Waals surface area contributed by atoms with Gasteiger partial charge in [-0.15, -0.1) is 0 Å². The summed E-state index contributed by atoms with van der Waals surface area (Å²) in [5, 5.41) is 0. The first-order chi connectivity index (χ1) is 11.2. The van der Waals surface area contributed by atoms with Crippen LogP contribution >= 0.6 is 0 Å². The average molecular weight is 348 g/mol. The van der Waals surface area contributed by atoms with Gasteiger partial charge >= 0.3 is 0 Å². The molecule has 1 aromatic rings. The van der Waals surface area contributed by atoms with Gasteiger partial charge in [0.05, 0.1) is 11.0 Å². The molecular weight excluding hydrogens is 324 g/mol. The molecule has 0 heterocycles. The molecule has 1 saturated carbocycles. The molecule has 0 aliphatic heterocycles. The second-order valence-electron chi connectivity index (χ2n) is 7.19. The Morgan fingerprint density at radius 1 is 1.12 bits per heavy atom. The highest BCUT2D eigenvalue weighted by molar-refractivity contribution is 7.86. The van der Waals surface area contributed by atoms with Crippen molar-refractivity contribution in [1.29, 1.82) is 0 Å². The largest absolute Gasteiger partial charge is 0.297 e. The van der Waals surface area contributed by atoms with Crippen molar-refractivity contribution >= 4 is 15.9 Å². The molecule has 0 radical (unpaired) electrons. The van der Waals surface area contributed by atoms with Gasteiger partial charge in [0.1, 0.15) is 0 Å². The van der Waals surface area contributed by atoms with Crippen molar-refractivity contribution in [1.82, 2.24) is 0 Å². The monoisotopic (exact) mass is 348 g/mol. The number of carbonyl (C=O) groups is 1. The highest BCUT2D eigenvalue weighted by Crippen LogP contribution is 2.50. The third-order valence-electron chi connectivity index (χ3n) is 5.59. The lowest BCUT2D eigenvalue weighted by molar-refractivity contribution is -0.117. The van der Waals surface area contributed by atoms with E-state index in [0.717, 1.165) is 29.6 Å². The van der Waals surface area contributed by atoms with Crippen molar-refractivity contribution in [2.24, 2.45) is 5.41 Å². The summed E-state index contributed by atoms with van der Waals surface area (Å²) in [6, 6.07) is 6.71. The zero-order valence-corrected chi connectivity index (χ0v) is 15.3. The van der Waals surface area contributed by atoms with Gasteiger partial charge in [-0.2, -0.15) is 8.42 Å². The number of Topliss-reactive ketones (excluding diaryl/α,β-unsaturated/α-hetero) is 1. The topological polar surface area (TPSA) is 60.4 Å². The number of aryl methyl sites for hydroxylation is 1. The zero-order chi connectivity index (χ0) is 17.5. The highest BCUT2D eigenvalue weighted by Gasteiger charge is 2.46. The highest BCUT2D eigenvalue weighted by atomic mass is 32.2. The fourth-order valence-electron chi connectivity index (χ4n) is 3.99. The molecule has 0 spiro atoms. The van der Waals surface area contributed by atoms with E-state index >= 15 is 0 Å². The van der Waals surface area contributed by atoms with Gasteiger partial charge in [0.2, 0.25) is 0 Å². The van der Waals surface area contributed by atoms with Gasteiger partial charge in [-0.1, -0.05) is 30.2 Å².